The number of amides is 1. The second kappa shape index (κ2) is 5.34. The smallest absolute Gasteiger partial charge is 0.305 e. The minimum Gasteiger partial charge on any atom is -0.481 e. The molecule has 1 heterocycles. The van der Waals surface area contributed by atoms with Crippen LogP contribution in [0.15, 0.2) is 23.0 Å². The molecule has 0 aliphatic rings. The Balaban J connectivity index is 2.74. The molecular formula is C11H15NO4. The van der Waals surface area contributed by atoms with Gasteiger partial charge in [0.05, 0.1) is 18.2 Å². The highest BCUT2D eigenvalue weighted by Crippen LogP contribution is 2.11. The molecule has 0 fully saturated rings. The number of hydrogen-bond donors (Lipinski definition) is 1. The maximum absolute atomic E-state index is 11.9. The van der Waals surface area contributed by atoms with E-state index < -0.39 is 5.97 Å². The van der Waals surface area contributed by atoms with Crippen LogP contribution in [0.2, 0.25) is 0 Å². The summed E-state index contributed by atoms with van der Waals surface area (Å²) in [4.78, 5) is 24.0. The van der Waals surface area contributed by atoms with E-state index in [0.717, 1.165) is 0 Å². The van der Waals surface area contributed by atoms with Crippen molar-refractivity contribution in [3.8, 4) is 0 Å². The SMILES string of the molecule is CCN(C(=O)c1ccoc1)C(C)CC(=O)O. The molecule has 0 bridgehead atoms. The molecule has 1 rings (SSSR count). The summed E-state index contributed by atoms with van der Waals surface area (Å²) in [5, 5.41) is 8.68. The third-order valence-corrected chi connectivity index (χ3v) is 2.37. The highest BCUT2D eigenvalue weighted by molar-refractivity contribution is 5.94. The molecule has 1 aromatic rings. The van der Waals surface area contributed by atoms with Crippen LogP contribution in [-0.2, 0) is 4.79 Å². The van der Waals surface area contributed by atoms with Crippen molar-refractivity contribution >= 4 is 11.9 Å². The van der Waals surface area contributed by atoms with Crippen molar-refractivity contribution in [3.05, 3.63) is 24.2 Å². The zero-order chi connectivity index (χ0) is 12.1. The second-order valence-corrected chi connectivity index (χ2v) is 3.55. The van der Waals surface area contributed by atoms with Crippen LogP contribution in [0.25, 0.3) is 0 Å². The lowest BCUT2D eigenvalue weighted by molar-refractivity contribution is -0.138. The van der Waals surface area contributed by atoms with E-state index in [9.17, 15) is 9.59 Å². The largest absolute Gasteiger partial charge is 0.481 e. The summed E-state index contributed by atoms with van der Waals surface area (Å²) in [6.45, 7) is 4.00. The van der Waals surface area contributed by atoms with Gasteiger partial charge in [0.1, 0.15) is 6.26 Å². The van der Waals surface area contributed by atoms with E-state index >= 15 is 0 Å². The highest BCUT2D eigenvalue weighted by atomic mass is 16.4. The molecule has 5 heteroatoms. The fourth-order valence-electron chi connectivity index (χ4n) is 1.57. The van der Waals surface area contributed by atoms with Gasteiger partial charge in [-0.2, -0.15) is 0 Å². The molecule has 5 nitrogen and oxygen atoms in total. The van der Waals surface area contributed by atoms with Crippen molar-refractivity contribution in [2.75, 3.05) is 6.54 Å². The summed E-state index contributed by atoms with van der Waals surface area (Å²) >= 11 is 0. The number of hydrogen-bond acceptors (Lipinski definition) is 3. The van der Waals surface area contributed by atoms with Gasteiger partial charge in [-0.1, -0.05) is 0 Å². The van der Waals surface area contributed by atoms with Crippen LogP contribution < -0.4 is 0 Å². The number of carboxylic acid groups (broad SMARTS) is 1. The van der Waals surface area contributed by atoms with Crippen LogP contribution in [0.5, 0.6) is 0 Å². The number of aliphatic carboxylic acids is 1. The van der Waals surface area contributed by atoms with Crippen LogP contribution >= 0.6 is 0 Å². The van der Waals surface area contributed by atoms with Crippen LogP contribution in [0.4, 0.5) is 0 Å². The lowest BCUT2D eigenvalue weighted by atomic mass is 10.1. The normalized spacial score (nSPS) is 12.1. The second-order valence-electron chi connectivity index (χ2n) is 3.55. The van der Waals surface area contributed by atoms with Crippen molar-refractivity contribution in [2.45, 2.75) is 26.3 Å². The van der Waals surface area contributed by atoms with Crippen LogP contribution in [-0.4, -0.2) is 34.5 Å². The fraction of sp³-hybridized carbons (Fsp3) is 0.455. The lowest BCUT2D eigenvalue weighted by Crippen LogP contribution is -2.39. The summed E-state index contributed by atoms with van der Waals surface area (Å²) < 4.78 is 4.83. The first-order chi connectivity index (χ1) is 7.56. The molecule has 0 saturated carbocycles. The standard InChI is InChI=1S/C11H15NO4/c1-3-12(8(2)6-10(13)14)11(15)9-4-5-16-7-9/h4-5,7-8H,3,6H2,1-2H3,(H,13,14). The Hall–Kier alpha value is -1.78. The van der Waals surface area contributed by atoms with E-state index in [2.05, 4.69) is 0 Å². The maximum Gasteiger partial charge on any atom is 0.305 e. The topological polar surface area (TPSA) is 70.8 Å². The summed E-state index contributed by atoms with van der Waals surface area (Å²) in [5.74, 6) is -1.11. The first-order valence-electron chi connectivity index (χ1n) is 5.11. The summed E-state index contributed by atoms with van der Waals surface area (Å²) in [6.07, 6.45) is 2.72. The number of carbonyl (C=O) groups is 2. The Labute approximate surface area is 93.7 Å². The molecule has 0 saturated heterocycles. The molecule has 0 aliphatic carbocycles. The molecule has 1 amide bonds. The quantitative estimate of drug-likeness (QED) is 0.826. The van der Waals surface area contributed by atoms with E-state index in [1.165, 1.54) is 17.4 Å². The Morgan fingerprint density at radius 2 is 2.25 bits per heavy atom. The Bertz CT molecular complexity index is 358. The van der Waals surface area contributed by atoms with E-state index in [1.807, 2.05) is 6.92 Å². The Kier molecular flexibility index (Phi) is 4.10. The maximum atomic E-state index is 11.9. The van der Waals surface area contributed by atoms with Crippen LogP contribution in [0.3, 0.4) is 0 Å². The first-order valence-corrected chi connectivity index (χ1v) is 5.11. The molecule has 88 valence electrons. The number of nitrogens with zero attached hydrogens (tertiary/aromatic N) is 1. The number of carboxylic acids is 1. The molecule has 1 unspecified atom stereocenters. The van der Waals surface area contributed by atoms with Crippen molar-refractivity contribution in [3.63, 3.8) is 0 Å². The molecule has 0 aliphatic heterocycles. The van der Waals surface area contributed by atoms with Crippen molar-refractivity contribution in [2.24, 2.45) is 0 Å². The minimum atomic E-state index is -0.911. The fourth-order valence-corrected chi connectivity index (χ4v) is 1.57. The van der Waals surface area contributed by atoms with Gasteiger partial charge in [0, 0.05) is 12.6 Å². The van der Waals surface area contributed by atoms with Crippen molar-refractivity contribution in [1.29, 1.82) is 0 Å². The molecule has 16 heavy (non-hydrogen) atoms. The van der Waals surface area contributed by atoms with Gasteiger partial charge in [-0.25, -0.2) is 0 Å². The third kappa shape index (κ3) is 2.85. The van der Waals surface area contributed by atoms with Gasteiger partial charge in [0.25, 0.3) is 5.91 Å². The highest BCUT2D eigenvalue weighted by Gasteiger charge is 2.22. The zero-order valence-corrected chi connectivity index (χ0v) is 9.34. The third-order valence-electron chi connectivity index (χ3n) is 2.37. The van der Waals surface area contributed by atoms with Crippen LogP contribution in [0, 0.1) is 0 Å². The number of rotatable bonds is 5. The first kappa shape index (κ1) is 12.3. The monoisotopic (exact) mass is 225 g/mol. The summed E-state index contributed by atoms with van der Waals surface area (Å²) in [5.41, 5.74) is 0.444. The van der Waals surface area contributed by atoms with Gasteiger partial charge in [0.2, 0.25) is 0 Å². The van der Waals surface area contributed by atoms with E-state index in [-0.39, 0.29) is 18.4 Å². The lowest BCUT2D eigenvalue weighted by Gasteiger charge is -2.26. The van der Waals surface area contributed by atoms with E-state index in [0.29, 0.717) is 12.1 Å². The molecule has 0 aromatic carbocycles. The summed E-state index contributed by atoms with van der Waals surface area (Å²) in [6, 6.07) is 1.24. The van der Waals surface area contributed by atoms with Crippen molar-refractivity contribution in [1.82, 2.24) is 4.90 Å². The average molecular weight is 225 g/mol. The van der Waals surface area contributed by atoms with Crippen LogP contribution in [0.1, 0.15) is 30.6 Å². The molecule has 1 aromatic heterocycles. The predicted molar refractivity (Wildman–Crippen MR) is 57.1 cm³/mol. The number of carbonyl (C=O) groups excluding carboxylic acids is 1. The predicted octanol–water partition coefficient (Wildman–Crippen LogP) is 1.60. The van der Waals surface area contributed by atoms with E-state index in [1.54, 1.807) is 13.0 Å². The number of furan rings is 1. The van der Waals surface area contributed by atoms with Gasteiger partial charge >= 0.3 is 5.97 Å². The van der Waals surface area contributed by atoms with E-state index in [4.69, 9.17) is 9.52 Å². The molecule has 1 N–H and O–H groups in total. The summed E-state index contributed by atoms with van der Waals surface area (Å²) in [7, 11) is 0. The molecule has 0 radical (unpaired) electrons. The van der Waals surface area contributed by atoms with Gasteiger partial charge in [-0.15, -0.1) is 0 Å². The average Bonchev–Trinajstić information content (AvgIpc) is 2.69. The van der Waals surface area contributed by atoms with Gasteiger partial charge in [0.15, 0.2) is 0 Å². The molecular weight excluding hydrogens is 210 g/mol. The molecule has 0 spiro atoms. The van der Waals surface area contributed by atoms with Gasteiger partial charge in [-0.3, -0.25) is 9.59 Å². The Morgan fingerprint density at radius 3 is 2.69 bits per heavy atom. The zero-order valence-electron chi connectivity index (χ0n) is 9.34. The van der Waals surface area contributed by atoms with Crippen molar-refractivity contribution < 1.29 is 19.1 Å². The van der Waals surface area contributed by atoms with Gasteiger partial charge < -0.3 is 14.4 Å². The molecule has 1 atom stereocenters. The Morgan fingerprint density at radius 1 is 1.56 bits per heavy atom. The van der Waals surface area contributed by atoms with Gasteiger partial charge in [-0.05, 0) is 19.9 Å². The minimum absolute atomic E-state index is 0.0581.